The van der Waals surface area contributed by atoms with Crippen LogP contribution >= 0.6 is 0 Å². The van der Waals surface area contributed by atoms with E-state index in [2.05, 4.69) is 12.2 Å². The number of benzene rings is 1. The van der Waals surface area contributed by atoms with E-state index in [0.29, 0.717) is 28.4 Å². The number of rotatable bonds is 5. The largest absolute Gasteiger partial charge is 0.398 e. The van der Waals surface area contributed by atoms with Crippen molar-refractivity contribution in [3.63, 3.8) is 0 Å². The molecule has 1 fully saturated rings. The molecule has 4 N–H and O–H groups in total. The van der Waals surface area contributed by atoms with Crippen LogP contribution in [0.4, 0.5) is 5.69 Å². The zero-order valence-corrected chi connectivity index (χ0v) is 13.6. The molecule has 1 atom stereocenters. The fourth-order valence-electron chi connectivity index (χ4n) is 3.36. The van der Waals surface area contributed by atoms with Crippen LogP contribution in [0.2, 0.25) is 0 Å². The number of amides is 1. The Kier molecular flexibility index (Phi) is 5.58. The van der Waals surface area contributed by atoms with Crippen LogP contribution in [0.5, 0.6) is 0 Å². The minimum absolute atomic E-state index is 0.0556. The van der Waals surface area contributed by atoms with Gasteiger partial charge in [-0.15, -0.1) is 0 Å². The third-order valence-corrected chi connectivity index (χ3v) is 4.69. The zero-order chi connectivity index (χ0) is 16.1. The molecule has 4 nitrogen and oxygen atoms in total. The first-order valence-corrected chi connectivity index (χ1v) is 8.28. The molecule has 0 aromatic heterocycles. The topological polar surface area (TPSA) is 79.0 Å². The second-order valence-electron chi connectivity index (χ2n) is 6.31. The normalized spacial score (nSPS) is 17.0. The van der Waals surface area contributed by atoms with Crippen LogP contribution in [0, 0.1) is 11.3 Å². The van der Waals surface area contributed by atoms with Crippen molar-refractivity contribution in [2.75, 3.05) is 5.73 Å². The van der Waals surface area contributed by atoms with Crippen LogP contribution in [-0.4, -0.2) is 17.7 Å². The highest BCUT2D eigenvalue weighted by Gasteiger charge is 2.24. The molecule has 1 aliphatic rings. The van der Waals surface area contributed by atoms with Crippen molar-refractivity contribution in [3.8, 4) is 0 Å². The van der Waals surface area contributed by atoms with Crippen LogP contribution in [-0.2, 0) is 0 Å². The molecule has 2 rings (SSSR count). The molecule has 0 bridgehead atoms. The zero-order valence-electron chi connectivity index (χ0n) is 13.6. The number of hydrogen-bond acceptors (Lipinski definition) is 3. The molecule has 1 aromatic carbocycles. The molecule has 1 unspecified atom stereocenters. The first-order valence-electron chi connectivity index (χ1n) is 8.28. The number of nitrogens with two attached hydrogens (primary N) is 1. The number of carbonyl (C=O) groups is 1. The summed E-state index contributed by atoms with van der Waals surface area (Å²) in [5.74, 6) is 0.542. The summed E-state index contributed by atoms with van der Waals surface area (Å²) < 4.78 is 0. The number of carbonyl (C=O) groups excluding carboxylic acids is 1. The van der Waals surface area contributed by atoms with Crippen molar-refractivity contribution in [1.82, 2.24) is 5.32 Å². The molecular weight excluding hydrogens is 274 g/mol. The highest BCUT2D eigenvalue weighted by atomic mass is 16.1. The van der Waals surface area contributed by atoms with Crippen molar-refractivity contribution in [3.05, 3.63) is 29.3 Å². The smallest absolute Gasteiger partial charge is 0.251 e. The average molecular weight is 301 g/mol. The van der Waals surface area contributed by atoms with Crippen LogP contribution in [0.3, 0.4) is 0 Å². The third-order valence-electron chi connectivity index (χ3n) is 4.69. The summed E-state index contributed by atoms with van der Waals surface area (Å²) in [5, 5.41) is 10.9. The second kappa shape index (κ2) is 7.43. The van der Waals surface area contributed by atoms with Crippen molar-refractivity contribution >= 4 is 17.3 Å². The van der Waals surface area contributed by atoms with E-state index in [1.54, 1.807) is 25.1 Å². The van der Waals surface area contributed by atoms with Gasteiger partial charge in [0.05, 0.1) is 0 Å². The number of anilines is 1. The van der Waals surface area contributed by atoms with Crippen LogP contribution in [0.1, 0.15) is 68.3 Å². The molecule has 0 aliphatic heterocycles. The molecular formula is C18H27N3O. The Balaban J connectivity index is 2.10. The Labute approximate surface area is 133 Å². The molecule has 0 heterocycles. The highest BCUT2D eigenvalue weighted by molar-refractivity contribution is 6.04. The van der Waals surface area contributed by atoms with Gasteiger partial charge in [0, 0.05) is 28.6 Å². The summed E-state index contributed by atoms with van der Waals surface area (Å²) >= 11 is 0. The molecule has 1 saturated carbocycles. The standard InChI is InChI=1S/C18H27N3O/c1-3-17(13-7-5-4-6-8-13)21-18(22)14-9-10-16(20)15(11-14)12(2)19/h9-11,13,17,19H,3-8,20H2,1-2H3,(H,21,22). The van der Waals surface area contributed by atoms with E-state index >= 15 is 0 Å². The minimum Gasteiger partial charge on any atom is -0.398 e. The fraction of sp³-hybridized carbons (Fsp3) is 0.556. The van der Waals surface area contributed by atoms with Gasteiger partial charge in [0.15, 0.2) is 0 Å². The summed E-state index contributed by atoms with van der Waals surface area (Å²) in [7, 11) is 0. The lowest BCUT2D eigenvalue weighted by Crippen LogP contribution is -2.40. The summed E-state index contributed by atoms with van der Waals surface area (Å²) in [4.78, 5) is 12.5. The predicted octanol–water partition coefficient (Wildman–Crippen LogP) is 3.75. The maximum Gasteiger partial charge on any atom is 0.251 e. The lowest BCUT2D eigenvalue weighted by molar-refractivity contribution is 0.0911. The lowest BCUT2D eigenvalue weighted by Gasteiger charge is -2.30. The predicted molar refractivity (Wildman–Crippen MR) is 91.5 cm³/mol. The second-order valence-corrected chi connectivity index (χ2v) is 6.31. The molecule has 120 valence electrons. The van der Waals surface area contributed by atoms with Crippen LogP contribution in [0.25, 0.3) is 0 Å². The maximum atomic E-state index is 12.5. The van der Waals surface area contributed by atoms with E-state index in [9.17, 15) is 4.79 Å². The number of hydrogen-bond donors (Lipinski definition) is 3. The quantitative estimate of drug-likeness (QED) is 0.572. The van der Waals surface area contributed by atoms with Gasteiger partial charge in [-0.05, 0) is 50.3 Å². The van der Waals surface area contributed by atoms with E-state index in [-0.39, 0.29) is 11.9 Å². The van der Waals surface area contributed by atoms with Gasteiger partial charge in [0.2, 0.25) is 0 Å². The average Bonchev–Trinajstić information content (AvgIpc) is 2.53. The third kappa shape index (κ3) is 3.87. The van der Waals surface area contributed by atoms with Crippen molar-refractivity contribution < 1.29 is 4.79 Å². The number of nitrogens with one attached hydrogen (secondary N) is 2. The van der Waals surface area contributed by atoms with Gasteiger partial charge in [-0.1, -0.05) is 26.2 Å². The monoisotopic (exact) mass is 301 g/mol. The highest BCUT2D eigenvalue weighted by Crippen LogP contribution is 2.28. The molecule has 4 heteroatoms. The first kappa shape index (κ1) is 16.5. The van der Waals surface area contributed by atoms with Gasteiger partial charge < -0.3 is 16.5 Å². The molecule has 1 aromatic rings. The summed E-state index contributed by atoms with van der Waals surface area (Å²) in [6.45, 7) is 3.82. The summed E-state index contributed by atoms with van der Waals surface area (Å²) in [6, 6.07) is 5.42. The van der Waals surface area contributed by atoms with E-state index in [1.807, 2.05) is 0 Å². The van der Waals surface area contributed by atoms with E-state index < -0.39 is 0 Å². The van der Waals surface area contributed by atoms with Gasteiger partial charge >= 0.3 is 0 Å². The molecule has 1 aliphatic carbocycles. The first-order chi connectivity index (χ1) is 10.5. The van der Waals surface area contributed by atoms with Crippen molar-refractivity contribution in [2.24, 2.45) is 5.92 Å². The Morgan fingerprint density at radius 1 is 1.36 bits per heavy atom. The van der Waals surface area contributed by atoms with Crippen LogP contribution in [0.15, 0.2) is 18.2 Å². The lowest BCUT2D eigenvalue weighted by atomic mass is 9.83. The van der Waals surface area contributed by atoms with E-state index in [4.69, 9.17) is 11.1 Å². The van der Waals surface area contributed by atoms with Gasteiger partial charge in [-0.2, -0.15) is 0 Å². The van der Waals surface area contributed by atoms with E-state index in [1.165, 1.54) is 32.1 Å². The minimum atomic E-state index is -0.0556. The maximum absolute atomic E-state index is 12.5. The van der Waals surface area contributed by atoms with Gasteiger partial charge in [0.25, 0.3) is 5.91 Å². The Morgan fingerprint density at radius 3 is 2.64 bits per heavy atom. The van der Waals surface area contributed by atoms with Gasteiger partial charge in [-0.3, -0.25) is 4.79 Å². The molecule has 1 amide bonds. The van der Waals surface area contributed by atoms with Gasteiger partial charge in [-0.25, -0.2) is 0 Å². The molecule has 0 radical (unpaired) electrons. The Hall–Kier alpha value is -1.84. The SMILES string of the molecule is CCC(NC(=O)c1ccc(N)c(C(C)=N)c1)C1CCCCC1. The molecule has 0 spiro atoms. The van der Waals surface area contributed by atoms with Crippen LogP contribution < -0.4 is 11.1 Å². The van der Waals surface area contributed by atoms with Crippen molar-refractivity contribution in [1.29, 1.82) is 5.41 Å². The Morgan fingerprint density at radius 2 is 2.05 bits per heavy atom. The summed E-state index contributed by atoms with van der Waals surface area (Å²) in [6.07, 6.45) is 7.26. The van der Waals surface area contributed by atoms with Gasteiger partial charge in [0.1, 0.15) is 0 Å². The Bertz CT molecular complexity index is 547. The molecule has 22 heavy (non-hydrogen) atoms. The van der Waals surface area contributed by atoms with E-state index in [0.717, 1.165) is 6.42 Å². The van der Waals surface area contributed by atoms with Crippen molar-refractivity contribution in [2.45, 2.75) is 58.4 Å². The number of nitrogen functional groups attached to an aromatic ring is 1. The molecule has 0 saturated heterocycles. The summed E-state index contributed by atoms with van der Waals surface area (Å²) in [5.41, 5.74) is 8.01. The fourth-order valence-corrected chi connectivity index (χ4v) is 3.36.